The number of fused-ring (bicyclic) bond motifs is 2. The number of hydrogen-bond donors (Lipinski definition) is 1. The Bertz CT molecular complexity index is 772. The Morgan fingerprint density at radius 1 is 1.13 bits per heavy atom. The number of ether oxygens (including phenoxy) is 1. The summed E-state index contributed by atoms with van der Waals surface area (Å²) >= 11 is 6.00. The van der Waals surface area contributed by atoms with Crippen LogP contribution in [-0.4, -0.2) is 12.0 Å². The second-order valence-corrected chi connectivity index (χ2v) is 6.64. The van der Waals surface area contributed by atoms with Crippen LogP contribution in [0.4, 0.5) is 5.69 Å². The van der Waals surface area contributed by atoms with E-state index in [2.05, 4.69) is 11.4 Å². The van der Waals surface area contributed by atoms with Gasteiger partial charge in [-0.05, 0) is 66.6 Å². The molecular weight excluding hydrogens is 310 g/mol. The van der Waals surface area contributed by atoms with Crippen molar-refractivity contribution in [1.82, 2.24) is 0 Å². The lowest BCUT2D eigenvalue weighted by Crippen LogP contribution is -2.32. The van der Waals surface area contributed by atoms with E-state index in [0.717, 1.165) is 29.8 Å². The maximum absolute atomic E-state index is 12.6. The minimum Gasteiger partial charge on any atom is -0.480 e. The summed E-state index contributed by atoms with van der Waals surface area (Å²) in [7, 11) is 0. The molecule has 0 spiro atoms. The topological polar surface area (TPSA) is 38.3 Å². The van der Waals surface area contributed by atoms with E-state index < -0.39 is 6.10 Å². The molecule has 3 nitrogen and oxygen atoms in total. The Balaban J connectivity index is 1.52. The van der Waals surface area contributed by atoms with Crippen LogP contribution >= 0.6 is 11.6 Å². The fourth-order valence-electron chi connectivity index (χ4n) is 3.48. The van der Waals surface area contributed by atoms with Gasteiger partial charge in [-0.1, -0.05) is 23.7 Å². The van der Waals surface area contributed by atoms with Gasteiger partial charge in [0, 0.05) is 17.1 Å². The van der Waals surface area contributed by atoms with Gasteiger partial charge in [-0.25, -0.2) is 0 Å². The number of carbonyl (C=O) groups excluding carboxylic acids is 1. The van der Waals surface area contributed by atoms with Gasteiger partial charge in [-0.2, -0.15) is 0 Å². The van der Waals surface area contributed by atoms with Crippen molar-refractivity contribution in [2.24, 2.45) is 0 Å². The van der Waals surface area contributed by atoms with Crippen LogP contribution in [0.25, 0.3) is 0 Å². The minimum absolute atomic E-state index is 0.0868. The van der Waals surface area contributed by atoms with Crippen LogP contribution in [0.3, 0.4) is 0 Å². The molecule has 0 aromatic heterocycles. The highest BCUT2D eigenvalue weighted by atomic mass is 35.5. The molecule has 1 N–H and O–H groups in total. The molecule has 1 heterocycles. The molecule has 4 heteroatoms. The highest BCUT2D eigenvalue weighted by Gasteiger charge is 2.29. The van der Waals surface area contributed by atoms with Gasteiger partial charge in [0.15, 0.2) is 6.10 Å². The predicted molar refractivity (Wildman–Crippen MR) is 91.3 cm³/mol. The van der Waals surface area contributed by atoms with E-state index in [4.69, 9.17) is 16.3 Å². The minimum atomic E-state index is -0.483. The third-order valence-corrected chi connectivity index (χ3v) is 4.88. The van der Waals surface area contributed by atoms with E-state index in [1.165, 1.54) is 24.0 Å². The van der Waals surface area contributed by atoms with Gasteiger partial charge in [0.2, 0.25) is 0 Å². The Kier molecular flexibility index (Phi) is 3.74. The zero-order valence-electron chi connectivity index (χ0n) is 12.8. The second-order valence-electron chi connectivity index (χ2n) is 6.20. The van der Waals surface area contributed by atoms with Crippen LogP contribution in [0.15, 0.2) is 36.4 Å². The Hall–Kier alpha value is -2.00. The van der Waals surface area contributed by atoms with Gasteiger partial charge >= 0.3 is 0 Å². The molecule has 0 fully saturated rings. The lowest BCUT2D eigenvalue weighted by molar-refractivity contribution is -0.122. The third-order valence-electron chi connectivity index (χ3n) is 4.64. The number of nitrogens with one attached hydrogen (secondary N) is 1. The average molecular weight is 328 g/mol. The van der Waals surface area contributed by atoms with Crippen molar-refractivity contribution < 1.29 is 9.53 Å². The summed E-state index contributed by atoms with van der Waals surface area (Å²) in [6.07, 6.45) is 4.63. The van der Waals surface area contributed by atoms with Gasteiger partial charge in [0.05, 0.1) is 0 Å². The van der Waals surface area contributed by atoms with Crippen molar-refractivity contribution in [3.63, 3.8) is 0 Å². The lowest BCUT2D eigenvalue weighted by Gasteiger charge is -2.20. The molecule has 0 bridgehead atoms. The van der Waals surface area contributed by atoms with E-state index in [1.807, 2.05) is 24.3 Å². The molecule has 0 radical (unpaired) electrons. The normalized spacial score (nSPS) is 18.7. The third kappa shape index (κ3) is 2.81. The van der Waals surface area contributed by atoms with E-state index in [0.29, 0.717) is 11.4 Å². The van der Waals surface area contributed by atoms with Gasteiger partial charge in [-0.15, -0.1) is 0 Å². The summed E-state index contributed by atoms with van der Waals surface area (Å²) in [6, 6.07) is 11.6. The fourth-order valence-corrected chi connectivity index (χ4v) is 3.67. The molecular formula is C19H18ClNO2. The number of hydrogen-bond acceptors (Lipinski definition) is 2. The maximum Gasteiger partial charge on any atom is 0.265 e. The van der Waals surface area contributed by atoms with Crippen LogP contribution in [0.1, 0.15) is 29.5 Å². The number of amides is 1. The zero-order chi connectivity index (χ0) is 15.8. The molecule has 23 heavy (non-hydrogen) atoms. The molecule has 1 amide bonds. The first-order valence-electron chi connectivity index (χ1n) is 8.07. The second kappa shape index (κ2) is 5.89. The molecule has 4 rings (SSSR count). The number of anilines is 1. The molecule has 0 saturated heterocycles. The predicted octanol–water partition coefficient (Wildman–Crippen LogP) is 4.16. The van der Waals surface area contributed by atoms with Gasteiger partial charge in [-0.3, -0.25) is 4.79 Å². The van der Waals surface area contributed by atoms with Crippen LogP contribution in [0, 0.1) is 0 Å². The molecule has 2 aliphatic rings. The van der Waals surface area contributed by atoms with Crippen molar-refractivity contribution in [1.29, 1.82) is 0 Å². The Morgan fingerprint density at radius 2 is 2.00 bits per heavy atom. The molecule has 118 valence electrons. The van der Waals surface area contributed by atoms with E-state index >= 15 is 0 Å². The van der Waals surface area contributed by atoms with Crippen LogP contribution in [-0.2, 0) is 24.1 Å². The highest BCUT2D eigenvalue weighted by molar-refractivity contribution is 6.30. The Labute approximate surface area is 140 Å². The van der Waals surface area contributed by atoms with Crippen LogP contribution in [0.2, 0.25) is 5.02 Å². The van der Waals surface area contributed by atoms with Crippen molar-refractivity contribution in [2.75, 3.05) is 5.32 Å². The van der Waals surface area contributed by atoms with Gasteiger partial charge in [0.25, 0.3) is 5.91 Å². The zero-order valence-corrected chi connectivity index (χ0v) is 13.5. The van der Waals surface area contributed by atoms with Crippen molar-refractivity contribution in [3.8, 4) is 5.75 Å². The number of benzene rings is 2. The first kappa shape index (κ1) is 14.6. The summed E-state index contributed by atoms with van der Waals surface area (Å²) in [5.41, 5.74) is 4.57. The first-order chi connectivity index (χ1) is 11.2. The SMILES string of the molecule is O=C(Nc1cccc2c1CCCC2)[C@@H]1Cc2cc(Cl)ccc2O1. The molecule has 0 saturated carbocycles. The van der Waals surface area contributed by atoms with Gasteiger partial charge < -0.3 is 10.1 Å². The molecule has 1 aliphatic carbocycles. The number of rotatable bonds is 2. The fraction of sp³-hybridized carbons (Fsp3) is 0.316. The number of aryl methyl sites for hydroxylation is 1. The molecule has 2 aromatic carbocycles. The summed E-state index contributed by atoms with van der Waals surface area (Å²) in [6.45, 7) is 0. The van der Waals surface area contributed by atoms with Crippen molar-refractivity contribution >= 4 is 23.2 Å². The van der Waals surface area contributed by atoms with Crippen molar-refractivity contribution in [2.45, 2.75) is 38.2 Å². The summed E-state index contributed by atoms with van der Waals surface area (Å²) in [5, 5.41) is 3.74. The summed E-state index contributed by atoms with van der Waals surface area (Å²) in [4.78, 5) is 12.6. The molecule has 2 aromatic rings. The highest BCUT2D eigenvalue weighted by Crippen LogP contribution is 2.32. The Morgan fingerprint density at radius 3 is 2.91 bits per heavy atom. The standard InChI is InChI=1S/C19H18ClNO2/c20-14-8-9-17-13(10-14)11-18(23-17)19(22)21-16-7-3-5-12-4-1-2-6-15(12)16/h3,5,7-10,18H,1-2,4,6,11H2,(H,21,22)/t18-/m0/s1. The van der Waals surface area contributed by atoms with Crippen LogP contribution in [0.5, 0.6) is 5.75 Å². The number of carbonyl (C=O) groups is 1. The first-order valence-corrected chi connectivity index (χ1v) is 8.45. The lowest BCUT2D eigenvalue weighted by atomic mass is 9.90. The molecule has 1 aliphatic heterocycles. The smallest absolute Gasteiger partial charge is 0.265 e. The maximum atomic E-state index is 12.6. The van der Waals surface area contributed by atoms with E-state index in [1.54, 1.807) is 6.07 Å². The largest absolute Gasteiger partial charge is 0.480 e. The summed E-state index contributed by atoms with van der Waals surface area (Å²) < 4.78 is 5.77. The quantitative estimate of drug-likeness (QED) is 0.899. The number of halogens is 1. The molecule has 1 atom stereocenters. The van der Waals surface area contributed by atoms with Crippen LogP contribution < -0.4 is 10.1 Å². The molecule has 0 unspecified atom stereocenters. The van der Waals surface area contributed by atoms with E-state index in [-0.39, 0.29) is 5.91 Å². The monoisotopic (exact) mass is 327 g/mol. The van der Waals surface area contributed by atoms with E-state index in [9.17, 15) is 4.79 Å². The average Bonchev–Trinajstić information content (AvgIpc) is 2.98. The summed E-state index contributed by atoms with van der Waals surface area (Å²) in [5.74, 6) is 0.668. The van der Waals surface area contributed by atoms with Crippen molar-refractivity contribution in [3.05, 3.63) is 58.1 Å². The van der Waals surface area contributed by atoms with Gasteiger partial charge in [0.1, 0.15) is 5.75 Å².